The maximum Gasteiger partial charge on any atom is 0.252 e. The molecule has 36 heavy (non-hydrogen) atoms. The molecular weight excluding hydrogens is 468 g/mol. The molecule has 1 atom stereocenters. The molecule has 0 unspecified atom stereocenters. The summed E-state index contributed by atoms with van der Waals surface area (Å²) >= 11 is 1.72. The van der Waals surface area contributed by atoms with Crippen molar-refractivity contribution >= 4 is 22.2 Å². The highest BCUT2D eigenvalue weighted by atomic mass is 32.1. The normalized spacial score (nSPS) is 12.6. The molecule has 0 radical (unpaired) electrons. The quantitative estimate of drug-likeness (QED) is 0.297. The van der Waals surface area contributed by atoms with Crippen molar-refractivity contribution in [1.82, 2.24) is 30.1 Å². The number of para-hydroxylation sites is 1. The van der Waals surface area contributed by atoms with Crippen molar-refractivity contribution in [1.29, 1.82) is 0 Å². The maximum absolute atomic E-state index is 13.2. The third-order valence-electron chi connectivity index (χ3n) is 6.50. The number of thiophene rings is 1. The topological polar surface area (TPSA) is 79.7 Å². The van der Waals surface area contributed by atoms with Crippen molar-refractivity contribution < 1.29 is 0 Å². The highest BCUT2D eigenvalue weighted by Gasteiger charge is 2.30. The van der Waals surface area contributed by atoms with Crippen molar-refractivity contribution in [2.24, 2.45) is 5.92 Å². The Morgan fingerprint density at radius 1 is 1.03 bits per heavy atom. The number of aryl methyl sites for hydroxylation is 1. The minimum Gasteiger partial charge on any atom is -0.321 e. The Hall–Kier alpha value is -3.62. The standard InChI is InChI=1S/C28H30N6OS/c1-19(2)26(27-30-31-32-34(27)16-21-10-5-4-6-11-21)33(18-24-13-8-14-36-24)17-23-15-22-12-7-9-20(3)25(22)29-28(23)35/h4-15,19,26H,16-18H2,1-3H3,(H,29,35)/t26-/m1/s1. The van der Waals surface area contributed by atoms with Gasteiger partial charge in [-0.25, -0.2) is 4.68 Å². The van der Waals surface area contributed by atoms with Gasteiger partial charge >= 0.3 is 0 Å². The van der Waals surface area contributed by atoms with Gasteiger partial charge < -0.3 is 4.98 Å². The maximum atomic E-state index is 13.2. The van der Waals surface area contributed by atoms with E-state index >= 15 is 0 Å². The number of tetrazole rings is 1. The molecule has 0 saturated heterocycles. The average Bonchev–Trinajstić information content (AvgIpc) is 3.53. The van der Waals surface area contributed by atoms with Crippen molar-refractivity contribution in [3.8, 4) is 0 Å². The molecule has 3 aromatic heterocycles. The lowest BCUT2D eigenvalue weighted by atomic mass is 10.00. The Bertz CT molecular complexity index is 1490. The van der Waals surface area contributed by atoms with Crippen molar-refractivity contribution in [3.05, 3.63) is 110 Å². The lowest BCUT2D eigenvalue weighted by Crippen LogP contribution is -2.35. The molecule has 0 aliphatic heterocycles. The third kappa shape index (κ3) is 5.15. The first-order chi connectivity index (χ1) is 17.5. The van der Waals surface area contributed by atoms with E-state index < -0.39 is 0 Å². The fourth-order valence-corrected chi connectivity index (χ4v) is 5.52. The van der Waals surface area contributed by atoms with Gasteiger partial charge in [0, 0.05) is 23.5 Å². The van der Waals surface area contributed by atoms with Crippen LogP contribution in [0.15, 0.2) is 76.9 Å². The molecule has 7 nitrogen and oxygen atoms in total. The second-order valence-corrected chi connectivity index (χ2v) is 10.5. The summed E-state index contributed by atoms with van der Waals surface area (Å²) in [5, 5.41) is 16.0. The Kier molecular flexibility index (Phi) is 7.06. The van der Waals surface area contributed by atoms with E-state index in [2.05, 4.69) is 68.9 Å². The summed E-state index contributed by atoms with van der Waals surface area (Å²) in [6, 6.07) is 22.4. The van der Waals surface area contributed by atoms with Crippen LogP contribution < -0.4 is 5.56 Å². The van der Waals surface area contributed by atoms with E-state index in [9.17, 15) is 4.79 Å². The summed E-state index contributed by atoms with van der Waals surface area (Å²) in [4.78, 5) is 19.9. The zero-order valence-corrected chi connectivity index (χ0v) is 21.6. The molecular formula is C28H30N6OS. The van der Waals surface area contributed by atoms with Crippen LogP contribution in [0.5, 0.6) is 0 Å². The number of H-pyrrole nitrogens is 1. The average molecular weight is 499 g/mol. The number of benzene rings is 2. The fraction of sp³-hybridized carbons (Fsp3) is 0.286. The minimum atomic E-state index is -0.0848. The molecule has 0 aliphatic carbocycles. The molecule has 1 N–H and O–H groups in total. The Morgan fingerprint density at radius 3 is 2.61 bits per heavy atom. The monoisotopic (exact) mass is 498 g/mol. The molecule has 184 valence electrons. The van der Waals surface area contributed by atoms with Crippen LogP contribution in [0.25, 0.3) is 10.9 Å². The summed E-state index contributed by atoms with van der Waals surface area (Å²) in [5.41, 5.74) is 3.77. The first-order valence-electron chi connectivity index (χ1n) is 12.2. The molecule has 0 amide bonds. The number of nitrogens with one attached hydrogen (secondary N) is 1. The predicted octanol–water partition coefficient (Wildman–Crippen LogP) is 5.33. The van der Waals surface area contributed by atoms with Crippen LogP contribution >= 0.6 is 11.3 Å². The van der Waals surface area contributed by atoms with E-state index in [0.717, 1.165) is 33.4 Å². The number of hydrogen-bond donors (Lipinski definition) is 1. The van der Waals surface area contributed by atoms with E-state index in [0.29, 0.717) is 19.6 Å². The number of nitrogens with zero attached hydrogens (tertiary/aromatic N) is 5. The Morgan fingerprint density at radius 2 is 1.86 bits per heavy atom. The molecule has 5 rings (SSSR count). The number of pyridine rings is 1. The van der Waals surface area contributed by atoms with E-state index in [4.69, 9.17) is 0 Å². The molecule has 8 heteroatoms. The van der Waals surface area contributed by atoms with Gasteiger partial charge in [-0.1, -0.05) is 68.4 Å². The van der Waals surface area contributed by atoms with E-state index in [1.54, 1.807) is 11.3 Å². The molecule has 0 fully saturated rings. The van der Waals surface area contributed by atoms with Gasteiger partial charge in [-0.15, -0.1) is 16.4 Å². The molecule has 3 heterocycles. The van der Waals surface area contributed by atoms with Crippen molar-refractivity contribution in [3.63, 3.8) is 0 Å². The minimum absolute atomic E-state index is 0.0561. The van der Waals surface area contributed by atoms with Gasteiger partial charge in [0.1, 0.15) is 0 Å². The fourth-order valence-electron chi connectivity index (χ4n) is 4.80. The van der Waals surface area contributed by atoms with Crippen LogP contribution in [0.4, 0.5) is 0 Å². The van der Waals surface area contributed by atoms with Crippen LogP contribution in [0, 0.1) is 12.8 Å². The number of hydrogen-bond acceptors (Lipinski definition) is 6. The highest BCUT2D eigenvalue weighted by Crippen LogP contribution is 2.31. The number of aromatic nitrogens is 5. The lowest BCUT2D eigenvalue weighted by molar-refractivity contribution is 0.127. The van der Waals surface area contributed by atoms with Crippen molar-refractivity contribution in [2.75, 3.05) is 0 Å². The molecule has 2 aromatic carbocycles. The first kappa shape index (κ1) is 24.1. The van der Waals surface area contributed by atoms with Crippen LogP contribution in [0.2, 0.25) is 0 Å². The molecule has 0 spiro atoms. The number of fused-ring (bicyclic) bond motifs is 1. The first-order valence-corrected chi connectivity index (χ1v) is 13.1. The van der Waals surface area contributed by atoms with Crippen molar-refractivity contribution in [2.45, 2.75) is 46.4 Å². The van der Waals surface area contributed by atoms with E-state index in [-0.39, 0.29) is 17.5 Å². The SMILES string of the molecule is Cc1cccc2cc(CN(Cc3cccs3)[C@@H](c3nnnn3Cc3ccccc3)C(C)C)c(=O)[nH]c12. The van der Waals surface area contributed by atoms with Crippen LogP contribution in [-0.2, 0) is 19.6 Å². The van der Waals surface area contributed by atoms with Gasteiger partial charge in [-0.2, -0.15) is 0 Å². The highest BCUT2D eigenvalue weighted by molar-refractivity contribution is 7.09. The van der Waals surface area contributed by atoms with Gasteiger partial charge in [0.2, 0.25) is 0 Å². The van der Waals surface area contributed by atoms with Gasteiger partial charge in [0.15, 0.2) is 5.82 Å². The van der Waals surface area contributed by atoms with Crippen LogP contribution in [0.3, 0.4) is 0 Å². The molecule has 0 saturated carbocycles. The smallest absolute Gasteiger partial charge is 0.252 e. The van der Waals surface area contributed by atoms with Crippen LogP contribution in [-0.4, -0.2) is 30.1 Å². The Balaban J connectivity index is 1.54. The summed E-state index contributed by atoms with van der Waals surface area (Å²) in [5.74, 6) is 1.02. The lowest BCUT2D eigenvalue weighted by Gasteiger charge is -2.33. The van der Waals surface area contributed by atoms with Gasteiger partial charge in [-0.05, 0) is 57.3 Å². The van der Waals surface area contributed by atoms with E-state index in [1.807, 2.05) is 54.1 Å². The van der Waals surface area contributed by atoms with Gasteiger partial charge in [-0.3, -0.25) is 9.69 Å². The van der Waals surface area contributed by atoms with Crippen LogP contribution in [0.1, 0.15) is 47.3 Å². The molecule has 5 aromatic rings. The van der Waals surface area contributed by atoms with Gasteiger partial charge in [0.05, 0.1) is 18.1 Å². The summed E-state index contributed by atoms with van der Waals surface area (Å²) in [6.07, 6.45) is 0. The second-order valence-electron chi connectivity index (χ2n) is 9.52. The third-order valence-corrected chi connectivity index (χ3v) is 7.36. The number of rotatable bonds is 9. The predicted molar refractivity (Wildman–Crippen MR) is 144 cm³/mol. The molecule has 0 aliphatic rings. The van der Waals surface area contributed by atoms with E-state index in [1.165, 1.54) is 4.88 Å². The largest absolute Gasteiger partial charge is 0.321 e. The molecule has 0 bridgehead atoms. The summed E-state index contributed by atoms with van der Waals surface area (Å²) < 4.78 is 1.88. The zero-order valence-electron chi connectivity index (χ0n) is 20.8. The Labute approximate surface area is 214 Å². The summed E-state index contributed by atoms with van der Waals surface area (Å²) in [6.45, 7) is 8.16. The zero-order chi connectivity index (χ0) is 25.1. The van der Waals surface area contributed by atoms with Gasteiger partial charge in [0.25, 0.3) is 5.56 Å². The second kappa shape index (κ2) is 10.6. The number of aromatic amines is 1. The summed E-state index contributed by atoms with van der Waals surface area (Å²) in [7, 11) is 0.